The van der Waals surface area contributed by atoms with Crippen LogP contribution in [0.1, 0.15) is 10.4 Å². The van der Waals surface area contributed by atoms with Crippen LogP contribution >= 0.6 is 11.6 Å². The Balaban J connectivity index is 1.71. The van der Waals surface area contributed by atoms with Gasteiger partial charge in [0.15, 0.2) is 0 Å². The molecule has 0 atom stereocenters. The van der Waals surface area contributed by atoms with Gasteiger partial charge in [-0.2, -0.15) is 0 Å². The number of hydrogen-bond acceptors (Lipinski definition) is 5. The molecule has 0 fully saturated rings. The molecule has 0 spiro atoms. The molecular weight excluding hydrogens is 376 g/mol. The first-order valence-corrected chi connectivity index (χ1v) is 8.98. The summed E-state index contributed by atoms with van der Waals surface area (Å²) in [5.74, 6) is 0.361. The summed E-state index contributed by atoms with van der Waals surface area (Å²) in [6.07, 6.45) is 3.16. The fourth-order valence-corrected chi connectivity index (χ4v) is 2.85. The second-order valence-corrected chi connectivity index (χ2v) is 6.74. The van der Waals surface area contributed by atoms with Gasteiger partial charge in [0.05, 0.1) is 29.6 Å². The topological polar surface area (TPSA) is 66.5 Å². The Kier molecular flexibility index (Phi) is 6.01. The van der Waals surface area contributed by atoms with Gasteiger partial charge in [-0.3, -0.25) is 9.78 Å². The number of rotatable bonds is 6. The van der Waals surface area contributed by atoms with Crippen LogP contribution in [-0.4, -0.2) is 32.1 Å². The fourth-order valence-electron chi connectivity index (χ4n) is 2.59. The summed E-state index contributed by atoms with van der Waals surface area (Å²) in [6, 6.07) is 14.7. The molecule has 6 nitrogen and oxygen atoms in total. The second kappa shape index (κ2) is 8.63. The first kappa shape index (κ1) is 19.5. The Morgan fingerprint density at radius 3 is 2.36 bits per heavy atom. The molecule has 1 heterocycles. The molecule has 0 saturated carbocycles. The number of pyridine rings is 1. The average Bonchev–Trinajstić information content (AvgIpc) is 2.69. The summed E-state index contributed by atoms with van der Waals surface area (Å²) in [7, 11) is 5.50. The van der Waals surface area contributed by atoms with Gasteiger partial charge in [0.2, 0.25) is 0 Å². The van der Waals surface area contributed by atoms with Crippen LogP contribution in [0, 0.1) is 0 Å². The molecule has 7 heteroatoms. The average molecular weight is 397 g/mol. The van der Waals surface area contributed by atoms with Crippen LogP contribution in [0.3, 0.4) is 0 Å². The van der Waals surface area contributed by atoms with E-state index in [2.05, 4.69) is 15.6 Å². The van der Waals surface area contributed by atoms with Crippen LogP contribution in [0.25, 0.3) is 0 Å². The van der Waals surface area contributed by atoms with Crippen molar-refractivity contribution in [1.29, 1.82) is 0 Å². The van der Waals surface area contributed by atoms with Gasteiger partial charge in [-0.25, -0.2) is 0 Å². The number of nitrogens with zero attached hydrogens (tertiary/aromatic N) is 2. The van der Waals surface area contributed by atoms with Crippen molar-refractivity contribution >= 4 is 40.3 Å². The van der Waals surface area contributed by atoms with E-state index in [0.29, 0.717) is 22.0 Å². The quantitative estimate of drug-likeness (QED) is 0.626. The number of aromatic nitrogens is 1. The number of nitrogens with one attached hydrogen (secondary N) is 2. The maximum Gasteiger partial charge on any atom is 0.257 e. The lowest BCUT2D eigenvalue weighted by molar-refractivity contribution is 0.102. The molecular formula is C21H21ClN4O2. The minimum absolute atomic E-state index is 0.235. The van der Waals surface area contributed by atoms with Gasteiger partial charge >= 0.3 is 0 Å². The molecule has 0 radical (unpaired) electrons. The SMILES string of the molecule is COc1ccc(Nc2cncc(C(=O)Nc3ccc(N(C)C)cc3)c2)cc1Cl. The molecule has 0 unspecified atom stereocenters. The van der Waals surface area contributed by atoms with Crippen molar-refractivity contribution in [2.24, 2.45) is 0 Å². The number of carbonyl (C=O) groups is 1. The predicted octanol–water partition coefficient (Wildman–Crippen LogP) is 4.81. The van der Waals surface area contributed by atoms with Crippen molar-refractivity contribution in [1.82, 2.24) is 4.98 Å². The molecule has 1 amide bonds. The van der Waals surface area contributed by atoms with E-state index >= 15 is 0 Å². The molecule has 0 aliphatic rings. The molecule has 3 rings (SSSR count). The summed E-state index contributed by atoms with van der Waals surface area (Å²) in [4.78, 5) is 18.7. The van der Waals surface area contributed by atoms with Gasteiger partial charge in [0.1, 0.15) is 5.75 Å². The van der Waals surface area contributed by atoms with Crippen LogP contribution in [0.5, 0.6) is 5.75 Å². The summed E-state index contributed by atoms with van der Waals surface area (Å²) in [6.45, 7) is 0. The van der Waals surface area contributed by atoms with Crippen molar-refractivity contribution in [3.63, 3.8) is 0 Å². The molecule has 2 aromatic carbocycles. The number of halogens is 1. The van der Waals surface area contributed by atoms with E-state index in [-0.39, 0.29) is 5.91 Å². The Hall–Kier alpha value is -3.25. The van der Waals surface area contributed by atoms with E-state index < -0.39 is 0 Å². The summed E-state index contributed by atoms with van der Waals surface area (Å²) < 4.78 is 5.15. The van der Waals surface area contributed by atoms with Crippen LogP contribution < -0.4 is 20.3 Å². The molecule has 1 aromatic heterocycles. The molecule has 0 saturated heterocycles. The van der Waals surface area contributed by atoms with Crippen LogP contribution in [0.15, 0.2) is 60.9 Å². The Morgan fingerprint density at radius 2 is 1.71 bits per heavy atom. The number of ether oxygens (including phenoxy) is 1. The van der Waals surface area contributed by atoms with E-state index in [1.54, 1.807) is 31.5 Å². The first-order valence-electron chi connectivity index (χ1n) is 8.60. The Labute approximate surface area is 169 Å². The number of anilines is 4. The van der Waals surface area contributed by atoms with Crippen molar-refractivity contribution in [2.45, 2.75) is 0 Å². The minimum atomic E-state index is -0.235. The van der Waals surface area contributed by atoms with Crippen molar-refractivity contribution < 1.29 is 9.53 Å². The van der Waals surface area contributed by atoms with Gasteiger partial charge in [-0.05, 0) is 48.5 Å². The molecule has 2 N–H and O–H groups in total. The highest BCUT2D eigenvalue weighted by Crippen LogP contribution is 2.29. The zero-order valence-corrected chi connectivity index (χ0v) is 16.6. The lowest BCUT2D eigenvalue weighted by Gasteiger charge is -2.13. The number of amides is 1. The summed E-state index contributed by atoms with van der Waals surface area (Å²) in [5.41, 5.74) is 3.67. The van der Waals surface area contributed by atoms with E-state index in [1.165, 1.54) is 6.20 Å². The minimum Gasteiger partial charge on any atom is -0.495 e. The van der Waals surface area contributed by atoms with Crippen molar-refractivity contribution in [3.05, 3.63) is 71.5 Å². The zero-order chi connectivity index (χ0) is 20.1. The van der Waals surface area contributed by atoms with E-state index in [1.807, 2.05) is 49.3 Å². The number of hydrogen-bond donors (Lipinski definition) is 2. The highest BCUT2D eigenvalue weighted by molar-refractivity contribution is 6.32. The monoisotopic (exact) mass is 396 g/mol. The van der Waals surface area contributed by atoms with Crippen LogP contribution in [-0.2, 0) is 0 Å². The van der Waals surface area contributed by atoms with Gasteiger partial charge in [-0.15, -0.1) is 0 Å². The summed E-state index contributed by atoms with van der Waals surface area (Å²) in [5, 5.41) is 6.56. The number of benzene rings is 2. The lowest BCUT2D eigenvalue weighted by Crippen LogP contribution is -2.13. The van der Waals surface area contributed by atoms with Gasteiger partial charge in [0, 0.05) is 37.4 Å². The molecule has 0 aliphatic heterocycles. The molecule has 0 bridgehead atoms. The van der Waals surface area contributed by atoms with Crippen molar-refractivity contribution in [2.75, 3.05) is 36.7 Å². The number of methoxy groups -OCH3 is 1. The standard InChI is InChI=1S/C21H21ClN4O2/c1-26(2)18-7-4-15(5-8-18)25-21(27)14-10-17(13-23-12-14)24-16-6-9-20(28-3)19(22)11-16/h4-13,24H,1-3H3,(H,25,27). The third-order valence-corrected chi connectivity index (χ3v) is 4.38. The van der Waals surface area contributed by atoms with E-state index in [0.717, 1.165) is 17.1 Å². The first-order chi connectivity index (χ1) is 13.5. The van der Waals surface area contributed by atoms with E-state index in [9.17, 15) is 4.79 Å². The Bertz CT molecular complexity index is 974. The largest absolute Gasteiger partial charge is 0.495 e. The third-order valence-electron chi connectivity index (χ3n) is 4.08. The highest BCUT2D eigenvalue weighted by Gasteiger charge is 2.09. The second-order valence-electron chi connectivity index (χ2n) is 6.33. The molecule has 0 aliphatic carbocycles. The maximum atomic E-state index is 12.5. The normalized spacial score (nSPS) is 10.3. The summed E-state index contributed by atoms with van der Waals surface area (Å²) >= 11 is 6.15. The number of carbonyl (C=O) groups excluding carboxylic acids is 1. The fraction of sp³-hybridized carbons (Fsp3) is 0.143. The maximum absolute atomic E-state index is 12.5. The van der Waals surface area contributed by atoms with Gasteiger partial charge < -0.3 is 20.3 Å². The van der Waals surface area contributed by atoms with Crippen LogP contribution in [0.4, 0.5) is 22.7 Å². The van der Waals surface area contributed by atoms with Crippen LogP contribution in [0.2, 0.25) is 5.02 Å². The third kappa shape index (κ3) is 4.72. The zero-order valence-electron chi connectivity index (χ0n) is 15.9. The van der Waals surface area contributed by atoms with E-state index in [4.69, 9.17) is 16.3 Å². The van der Waals surface area contributed by atoms with Crippen molar-refractivity contribution in [3.8, 4) is 5.75 Å². The lowest BCUT2D eigenvalue weighted by atomic mass is 10.2. The molecule has 28 heavy (non-hydrogen) atoms. The molecule has 144 valence electrons. The predicted molar refractivity (Wildman–Crippen MR) is 114 cm³/mol. The smallest absolute Gasteiger partial charge is 0.257 e. The Morgan fingerprint density at radius 1 is 1.00 bits per heavy atom. The molecule has 3 aromatic rings. The highest BCUT2D eigenvalue weighted by atomic mass is 35.5. The van der Waals surface area contributed by atoms with Gasteiger partial charge in [0.25, 0.3) is 5.91 Å². The van der Waals surface area contributed by atoms with Gasteiger partial charge in [-0.1, -0.05) is 11.6 Å².